The highest BCUT2D eigenvalue weighted by atomic mass is 19.1. The molecule has 1 unspecified atom stereocenters. The number of aromatic nitrogens is 1. The number of rotatable bonds is 6. The molecule has 1 atom stereocenters. The van der Waals surface area contributed by atoms with Crippen molar-refractivity contribution in [1.82, 2.24) is 21.2 Å². The van der Waals surface area contributed by atoms with Crippen LogP contribution in [-0.2, 0) is 4.79 Å². The van der Waals surface area contributed by atoms with Crippen LogP contribution in [0.5, 0.6) is 0 Å². The van der Waals surface area contributed by atoms with Gasteiger partial charge in [-0.25, -0.2) is 13.8 Å². The highest BCUT2D eigenvalue weighted by Gasteiger charge is 2.28. The van der Waals surface area contributed by atoms with Crippen molar-refractivity contribution < 1.29 is 27.6 Å². The summed E-state index contributed by atoms with van der Waals surface area (Å²) in [5, 5.41) is 2.88. The lowest BCUT2D eigenvalue weighted by Gasteiger charge is -2.22. The van der Waals surface area contributed by atoms with Crippen molar-refractivity contribution in [2.24, 2.45) is 5.92 Å². The molecule has 4 aromatic rings. The SMILES string of the molecule is CC(C)C(NC(=O)c1c(F)cccc1F)C(=O)NNC(=O)c1cc(-c2ccco2)nc2ccccc12. The van der Waals surface area contributed by atoms with Gasteiger partial charge in [-0.05, 0) is 42.3 Å². The van der Waals surface area contributed by atoms with Crippen molar-refractivity contribution >= 4 is 28.6 Å². The van der Waals surface area contributed by atoms with E-state index in [1.54, 1.807) is 50.2 Å². The van der Waals surface area contributed by atoms with Crippen molar-refractivity contribution in [3.63, 3.8) is 0 Å². The molecule has 0 saturated heterocycles. The van der Waals surface area contributed by atoms with Crippen molar-refractivity contribution in [2.45, 2.75) is 19.9 Å². The Morgan fingerprint density at radius 2 is 1.61 bits per heavy atom. The number of benzene rings is 2. The summed E-state index contributed by atoms with van der Waals surface area (Å²) in [7, 11) is 0. The lowest BCUT2D eigenvalue weighted by molar-refractivity contribution is -0.124. The Balaban J connectivity index is 1.52. The van der Waals surface area contributed by atoms with Crippen LogP contribution in [-0.4, -0.2) is 28.7 Å². The maximum Gasteiger partial charge on any atom is 0.270 e. The highest BCUT2D eigenvalue weighted by Crippen LogP contribution is 2.25. The van der Waals surface area contributed by atoms with E-state index in [2.05, 4.69) is 21.2 Å². The summed E-state index contributed by atoms with van der Waals surface area (Å²) in [5.41, 5.74) is 5.02. The van der Waals surface area contributed by atoms with Gasteiger partial charge in [0.2, 0.25) is 0 Å². The van der Waals surface area contributed by atoms with Gasteiger partial charge >= 0.3 is 0 Å². The number of pyridine rings is 1. The molecule has 4 rings (SSSR count). The number of para-hydroxylation sites is 1. The molecule has 2 heterocycles. The van der Waals surface area contributed by atoms with Gasteiger partial charge in [0.05, 0.1) is 17.3 Å². The molecular formula is C26H22F2N4O4. The Kier molecular flexibility index (Phi) is 7.05. The van der Waals surface area contributed by atoms with Crippen LogP contribution in [0.25, 0.3) is 22.4 Å². The van der Waals surface area contributed by atoms with Crippen LogP contribution in [0, 0.1) is 17.6 Å². The van der Waals surface area contributed by atoms with E-state index in [1.165, 1.54) is 12.3 Å². The minimum Gasteiger partial charge on any atom is -0.463 e. The van der Waals surface area contributed by atoms with Crippen LogP contribution in [0.4, 0.5) is 8.78 Å². The molecule has 0 aliphatic heterocycles. The molecule has 0 fully saturated rings. The van der Waals surface area contributed by atoms with Crippen LogP contribution in [0.15, 0.2) is 71.3 Å². The summed E-state index contributed by atoms with van der Waals surface area (Å²) >= 11 is 0. The molecule has 0 spiro atoms. The first kappa shape index (κ1) is 24.5. The molecule has 10 heteroatoms. The highest BCUT2D eigenvalue weighted by molar-refractivity contribution is 6.07. The zero-order valence-corrected chi connectivity index (χ0v) is 19.3. The molecule has 3 amide bonds. The van der Waals surface area contributed by atoms with Crippen molar-refractivity contribution in [1.29, 1.82) is 0 Å². The number of halogens is 2. The van der Waals surface area contributed by atoms with E-state index in [-0.39, 0.29) is 5.56 Å². The number of amides is 3. The third-order valence-electron chi connectivity index (χ3n) is 5.46. The molecule has 2 aromatic carbocycles. The average Bonchev–Trinajstić information content (AvgIpc) is 3.40. The van der Waals surface area contributed by atoms with Gasteiger partial charge in [0.15, 0.2) is 5.76 Å². The fourth-order valence-corrected chi connectivity index (χ4v) is 3.64. The second-order valence-corrected chi connectivity index (χ2v) is 8.28. The summed E-state index contributed by atoms with van der Waals surface area (Å²) in [6.07, 6.45) is 1.49. The van der Waals surface area contributed by atoms with Crippen molar-refractivity contribution in [3.05, 3.63) is 89.7 Å². The first-order chi connectivity index (χ1) is 17.3. The van der Waals surface area contributed by atoms with Gasteiger partial charge in [-0.3, -0.25) is 25.2 Å². The Hall–Kier alpha value is -4.60. The van der Waals surface area contributed by atoms with Crippen LogP contribution >= 0.6 is 0 Å². The number of hydrogen-bond acceptors (Lipinski definition) is 5. The van der Waals surface area contributed by atoms with E-state index in [0.29, 0.717) is 22.4 Å². The fourth-order valence-electron chi connectivity index (χ4n) is 3.64. The smallest absolute Gasteiger partial charge is 0.270 e. The zero-order chi connectivity index (χ0) is 25.8. The molecule has 0 saturated carbocycles. The summed E-state index contributed by atoms with van der Waals surface area (Å²) < 4.78 is 33.4. The van der Waals surface area contributed by atoms with Crippen LogP contribution in [0.2, 0.25) is 0 Å². The Labute approximate surface area is 204 Å². The number of nitrogens with zero attached hydrogens (tertiary/aromatic N) is 1. The first-order valence-corrected chi connectivity index (χ1v) is 11.0. The van der Waals surface area contributed by atoms with E-state index in [9.17, 15) is 23.2 Å². The number of furan rings is 1. The Morgan fingerprint density at radius 3 is 2.28 bits per heavy atom. The van der Waals surface area contributed by atoms with Crippen LogP contribution in [0.1, 0.15) is 34.6 Å². The van der Waals surface area contributed by atoms with Gasteiger partial charge in [-0.1, -0.05) is 38.1 Å². The molecule has 0 bridgehead atoms. The lowest BCUT2D eigenvalue weighted by atomic mass is 10.0. The second-order valence-electron chi connectivity index (χ2n) is 8.28. The standard InChI is InChI=1S/C26H22F2N4O4/c1-14(2)23(30-25(34)22-17(27)8-5-9-18(22)28)26(35)32-31-24(33)16-13-20(21-11-6-12-36-21)29-19-10-4-3-7-15(16)19/h3-14,23H,1-2H3,(H,30,34)(H,31,33)(H,32,35). The first-order valence-electron chi connectivity index (χ1n) is 11.0. The van der Waals surface area contributed by atoms with Crippen molar-refractivity contribution in [2.75, 3.05) is 0 Å². The van der Waals surface area contributed by atoms with Gasteiger partial charge in [0.25, 0.3) is 17.7 Å². The monoisotopic (exact) mass is 492 g/mol. The number of fused-ring (bicyclic) bond motifs is 1. The predicted molar refractivity (Wildman–Crippen MR) is 128 cm³/mol. The zero-order valence-electron chi connectivity index (χ0n) is 19.3. The molecule has 3 N–H and O–H groups in total. The van der Waals surface area contributed by atoms with E-state index < -0.39 is 46.9 Å². The number of carbonyl (C=O) groups excluding carboxylic acids is 3. The number of carbonyl (C=O) groups is 3. The van der Waals surface area contributed by atoms with Gasteiger partial charge in [-0.15, -0.1) is 0 Å². The number of nitrogens with one attached hydrogen (secondary N) is 3. The number of hydrogen-bond donors (Lipinski definition) is 3. The number of hydrazine groups is 1. The topological polar surface area (TPSA) is 113 Å². The third-order valence-corrected chi connectivity index (χ3v) is 5.46. The average molecular weight is 492 g/mol. The van der Waals surface area contributed by atoms with E-state index >= 15 is 0 Å². The van der Waals surface area contributed by atoms with Gasteiger partial charge in [0.1, 0.15) is 28.9 Å². The summed E-state index contributed by atoms with van der Waals surface area (Å²) in [6.45, 7) is 3.27. The molecule has 8 nitrogen and oxygen atoms in total. The summed E-state index contributed by atoms with van der Waals surface area (Å²) in [4.78, 5) is 42.9. The third kappa shape index (κ3) is 5.07. The predicted octanol–water partition coefficient (Wildman–Crippen LogP) is 3.99. The Bertz CT molecular complexity index is 1420. The molecule has 0 aliphatic carbocycles. The molecule has 2 aromatic heterocycles. The second kappa shape index (κ2) is 10.3. The van der Waals surface area contributed by atoms with Crippen LogP contribution < -0.4 is 16.2 Å². The van der Waals surface area contributed by atoms with Gasteiger partial charge in [0, 0.05) is 5.39 Å². The van der Waals surface area contributed by atoms with Crippen LogP contribution in [0.3, 0.4) is 0 Å². The van der Waals surface area contributed by atoms with E-state index in [4.69, 9.17) is 4.42 Å². The largest absolute Gasteiger partial charge is 0.463 e. The molecular weight excluding hydrogens is 470 g/mol. The summed E-state index contributed by atoms with van der Waals surface area (Å²) in [6, 6.07) is 13.7. The van der Waals surface area contributed by atoms with Crippen molar-refractivity contribution in [3.8, 4) is 11.5 Å². The van der Waals surface area contributed by atoms with E-state index in [1.807, 2.05) is 0 Å². The quantitative estimate of drug-likeness (QED) is 0.352. The van der Waals surface area contributed by atoms with Gasteiger partial charge < -0.3 is 9.73 Å². The minimum absolute atomic E-state index is 0.228. The van der Waals surface area contributed by atoms with Gasteiger partial charge in [-0.2, -0.15) is 0 Å². The molecule has 0 aliphatic rings. The molecule has 184 valence electrons. The maximum atomic E-state index is 14.0. The molecule has 0 radical (unpaired) electrons. The lowest BCUT2D eigenvalue weighted by Crippen LogP contribution is -2.54. The summed E-state index contributed by atoms with van der Waals surface area (Å²) in [5.74, 6) is -4.61. The minimum atomic E-state index is -1.19. The normalized spacial score (nSPS) is 11.8. The Morgan fingerprint density at radius 1 is 0.889 bits per heavy atom. The van der Waals surface area contributed by atoms with E-state index in [0.717, 1.165) is 18.2 Å². The fraction of sp³-hybridized carbons (Fsp3) is 0.154. The molecule has 36 heavy (non-hydrogen) atoms. The maximum absolute atomic E-state index is 14.0.